The average Bonchev–Trinajstić information content (AvgIpc) is 1.65. The average molecular weight is 160 g/mol. The van der Waals surface area contributed by atoms with Gasteiger partial charge in [-0.15, -0.1) is 0 Å². The SMILES string of the molecule is CC([CH2][Ge])C(=O)O. The van der Waals surface area contributed by atoms with Crippen LogP contribution < -0.4 is 0 Å². The molecule has 0 saturated heterocycles. The van der Waals surface area contributed by atoms with E-state index in [0.29, 0.717) is 0 Å². The van der Waals surface area contributed by atoms with Gasteiger partial charge in [-0.05, 0) is 0 Å². The van der Waals surface area contributed by atoms with Gasteiger partial charge in [-0.25, -0.2) is 0 Å². The van der Waals surface area contributed by atoms with Crippen LogP contribution in [0, 0.1) is 5.92 Å². The van der Waals surface area contributed by atoms with E-state index in [9.17, 15) is 4.79 Å². The van der Waals surface area contributed by atoms with Crippen molar-refractivity contribution in [2.45, 2.75) is 12.2 Å². The summed E-state index contributed by atoms with van der Waals surface area (Å²) in [7, 11) is 0. The monoisotopic (exact) mass is 161 g/mol. The molecule has 0 aliphatic carbocycles. The fraction of sp³-hybridized carbons (Fsp3) is 0.750. The summed E-state index contributed by atoms with van der Waals surface area (Å²) in [6.07, 6.45) is 0. The van der Waals surface area contributed by atoms with Gasteiger partial charge in [0.05, 0.1) is 0 Å². The van der Waals surface area contributed by atoms with Crippen molar-refractivity contribution in [3.05, 3.63) is 0 Å². The minimum atomic E-state index is -0.706. The molecule has 0 saturated carbocycles. The summed E-state index contributed by atoms with van der Waals surface area (Å²) in [5.74, 6) is -0.887. The Morgan fingerprint density at radius 1 is 2.00 bits per heavy atom. The van der Waals surface area contributed by atoms with E-state index in [-0.39, 0.29) is 5.92 Å². The summed E-state index contributed by atoms with van der Waals surface area (Å²) < 4.78 is 0. The van der Waals surface area contributed by atoms with E-state index in [2.05, 4.69) is 0 Å². The molecule has 1 atom stereocenters. The molecular formula is C4H7GeO2. The molecule has 0 amide bonds. The van der Waals surface area contributed by atoms with Crippen LogP contribution in [0.5, 0.6) is 0 Å². The zero-order valence-electron chi connectivity index (χ0n) is 4.14. The number of carboxylic acid groups (broad SMARTS) is 1. The molecule has 39 valence electrons. The molecule has 0 aliphatic heterocycles. The van der Waals surface area contributed by atoms with Crippen molar-refractivity contribution in [1.29, 1.82) is 0 Å². The molecule has 0 aromatic heterocycles. The number of hydrogen-bond donors (Lipinski definition) is 1. The van der Waals surface area contributed by atoms with Crippen molar-refractivity contribution >= 4 is 22.5 Å². The number of aliphatic carboxylic acids is 1. The third-order valence-corrected chi connectivity index (χ3v) is 2.01. The van der Waals surface area contributed by atoms with Crippen LogP contribution in [-0.2, 0) is 4.79 Å². The maximum atomic E-state index is 9.93. The van der Waals surface area contributed by atoms with E-state index in [1.165, 1.54) is 0 Å². The first-order chi connectivity index (χ1) is 3.18. The quantitative estimate of drug-likeness (QED) is 0.589. The Hall–Kier alpha value is 0.0129. The molecule has 0 bridgehead atoms. The van der Waals surface area contributed by atoms with Crippen molar-refractivity contribution in [1.82, 2.24) is 0 Å². The Morgan fingerprint density at radius 2 is 2.43 bits per heavy atom. The first-order valence-corrected chi connectivity index (χ1v) is 3.54. The van der Waals surface area contributed by atoms with Crippen molar-refractivity contribution in [2.24, 2.45) is 5.92 Å². The van der Waals surface area contributed by atoms with E-state index in [0.717, 1.165) is 5.25 Å². The Balaban J connectivity index is 3.34. The third kappa shape index (κ3) is 2.68. The zero-order valence-corrected chi connectivity index (χ0v) is 6.24. The molecule has 0 rings (SSSR count). The number of rotatable bonds is 2. The molecule has 3 heteroatoms. The van der Waals surface area contributed by atoms with Gasteiger partial charge in [0.2, 0.25) is 0 Å². The fourth-order valence-corrected chi connectivity index (χ4v) is 0.454. The molecule has 0 fully saturated rings. The van der Waals surface area contributed by atoms with E-state index in [1.54, 1.807) is 6.92 Å². The standard InChI is InChI=1S/C4H7GeO2/c1-3(2-5)4(6)7/h3H,2H2,1H3,(H,6,7). The summed E-state index contributed by atoms with van der Waals surface area (Å²) in [6.45, 7) is 1.70. The summed E-state index contributed by atoms with van der Waals surface area (Å²) in [5.41, 5.74) is 0. The summed E-state index contributed by atoms with van der Waals surface area (Å²) in [6, 6.07) is 0. The molecule has 3 radical (unpaired) electrons. The van der Waals surface area contributed by atoms with Crippen molar-refractivity contribution < 1.29 is 9.90 Å². The number of hydrogen-bond acceptors (Lipinski definition) is 1. The predicted molar refractivity (Wildman–Crippen MR) is 27.4 cm³/mol. The van der Waals surface area contributed by atoms with Crippen LogP contribution in [0.3, 0.4) is 0 Å². The molecule has 1 N–H and O–H groups in total. The van der Waals surface area contributed by atoms with Crippen molar-refractivity contribution in [3.63, 3.8) is 0 Å². The molecule has 0 aromatic carbocycles. The van der Waals surface area contributed by atoms with Crippen LogP contribution in [0.4, 0.5) is 0 Å². The number of carboxylic acids is 1. The predicted octanol–water partition coefficient (Wildman–Crippen LogP) is 0.294. The summed E-state index contributed by atoms with van der Waals surface area (Å²) in [5, 5.41) is 8.90. The second kappa shape index (κ2) is 3.07. The molecule has 7 heavy (non-hydrogen) atoms. The van der Waals surface area contributed by atoms with Gasteiger partial charge in [0.15, 0.2) is 0 Å². The molecule has 0 aliphatic rings. The van der Waals surface area contributed by atoms with E-state index >= 15 is 0 Å². The molecule has 0 heterocycles. The maximum absolute atomic E-state index is 9.93. The first-order valence-electron chi connectivity index (χ1n) is 2.06. The second-order valence-corrected chi connectivity index (χ2v) is 2.30. The van der Waals surface area contributed by atoms with E-state index in [4.69, 9.17) is 5.11 Å². The van der Waals surface area contributed by atoms with Crippen molar-refractivity contribution in [2.75, 3.05) is 0 Å². The van der Waals surface area contributed by atoms with Gasteiger partial charge >= 0.3 is 50.5 Å². The van der Waals surface area contributed by atoms with Gasteiger partial charge in [0.1, 0.15) is 0 Å². The Morgan fingerprint density at radius 3 is 2.43 bits per heavy atom. The van der Waals surface area contributed by atoms with Gasteiger partial charge in [-0.2, -0.15) is 0 Å². The summed E-state index contributed by atoms with van der Waals surface area (Å²) >= 11 is 1.86. The molecule has 0 spiro atoms. The van der Waals surface area contributed by atoms with Gasteiger partial charge < -0.3 is 0 Å². The second-order valence-electron chi connectivity index (χ2n) is 1.44. The van der Waals surface area contributed by atoms with E-state index in [1.807, 2.05) is 16.5 Å². The van der Waals surface area contributed by atoms with Crippen LogP contribution in [0.15, 0.2) is 0 Å². The Bertz CT molecular complexity index is 72.1. The zero-order chi connectivity index (χ0) is 5.86. The van der Waals surface area contributed by atoms with Crippen LogP contribution in [0.25, 0.3) is 0 Å². The topological polar surface area (TPSA) is 37.3 Å². The van der Waals surface area contributed by atoms with Gasteiger partial charge in [0.25, 0.3) is 0 Å². The van der Waals surface area contributed by atoms with Crippen LogP contribution in [0.2, 0.25) is 5.25 Å². The molecular weight excluding hydrogens is 153 g/mol. The fourth-order valence-electron chi connectivity index (χ4n) is 0.0873. The van der Waals surface area contributed by atoms with Crippen LogP contribution >= 0.6 is 0 Å². The first kappa shape index (κ1) is 7.01. The summed E-state index contributed by atoms with van der Waals surface area (Å²) in [4.78, 5) is 9.93. The molecule has 0 aromatic rings. The Kier molecular flexibility index (Phi) is 3.08. The van der Waals surface area contributed by atoms with Crippen LogP contribution in [0.1, 0.15) is 6.92 Å². The minimum absolute atomic E-state index is 0.181. The molecule has 2 nitrogen and oxygen atoms in total. The van der Waals surface area contributed by atoms with Gasteiger partial charge in [-0.3, -0.25) is 0 Å². The number of carbonyl (C=O) groups is 1. The van der Waals surface area contributed by atoms with Gasteiger partial charge in [-0.1, -0.05) is 0 Å². The molecule has 1 unspecified atom stereocenters. The third-order valence-electron chi connectivity index (χ3n) is 0.728. The van der Waals surface area contributed by atoms with Crippen LogP contribution in [-0.4, -0.2) is 27.6 Å². The van der Waals surface area contributed by atoms with E-state index < -0.39 is 5.97 Å². The Labute approximate surface area is 51.1 Å². The van der Waals surface area contributed by atoms with Gasteiger partial charge in [0, 0.05) is 0 Å². The van der Waals surface area contributed by atoms with Crippen molar-refractivity contribution in [3.8, 4) is 0 Å². The normalized spacial score (nSPS) is 13.4.